The van der Waals surface area contributed by atoms with Gasteiger partial charge in [0.05, 0.1) is 23.7 Å². The zero-order valence-electron chi connectivity index (χ0n) is 13.9. The summed E-state index contributed by atoms with van der Waals surface area (Å²) in [5.74, 6) is 0.859. The Hall–Kier alpha value is -3.61. The Labute approximate surface area is 148 Å². The van der Waals surface area contributed by atoms with Crippen LogP contribution in [0.15, 0.2) is 49.1 Å². The number of methoxy groups -OCH3 is 1. The Balaban J connectivity index is 1.82. The molecule has 2 heterocycles. The molecular weight excluding hydrogens is 336 g/mol. The predicted molar refractivity (Wildman–Crippen MR) is 93.2 cm³/mol. The van der Waals surface area contributed by atoms with Gasteiger partial charge in [0.15, 0.2) is 11.5 Å². The van der Waals surface area contributed by atoms with Gasteiger partial charge in [0.1, 0.15) is 6.61 Å². The van der Waals surface area contributed by atoms with Crippen LogP contribution in [0.25, 0.3) is 11.0 Å². The summed E-state index contributed by atoms with van der Waals surface area (Å²) in [5, 5.41) is 0. The molecule has 130 valence electrons. The number of ether oxygens (including phenoxy) is 4. The van der Waals surface area contributed by atoms with Crippen LogP contribution in [-0.2, 0) is 4.74 Å². The van der Waals surface area contributed by atoms with Gasteiger partial charge in [-0.2, -0.15) is 0 Å². The van der Waals surface area contributed by atoms with Gasteiger partial charge in [-0.3, -0.25) is 0 Å². The number of para-hydroxylation sites is 2. The zero-order valence-corrected chi connectivity index (χ0v) is 13.9. The first kappa shape index (κ1) is 15.9. The van der Waals surface area contributed by atoms with Gasteiger partial charge in [0.2, 0.25) is 5.75 Å². The van der Waals surface area contributed by atoms with E-state index < -0.39 is 5.97 Å². The quantitative estimate of drug-likeness (QED) is 0.408. The van der Waals surface area contributed by atoms with Crippen molar-refractivity contribution in [2.45, 2.75) is 0 Å². The van der Waals surface area contributed by atoms with Crippen LogP contribution < -0.4 is 14.2 Å². The van der Waals surface area contributed by atoms with Crippen LogP contribution in [0.2, 0.25) is 0 Å². The molecule has 1 aromatic heterocycles. The fourth-order valence-electron chi connectivity index (χ4n) is 2.55. The number of esters is 1. The number of benzene rings is 2. The maximum absolute atomic E-state index is 11.9. The van der Waals surface area contributed by atoms with E-state index in [0.717, 1.165) is 0 Å². The number of nitrogens with zero attached hydrogens (tertiary/aromatic N) is 2. The van der Waals surface area contributed by atoms with Gasteiger partial charge in [-0.25, -0.2) is 14.8 Å². The van der Waals surface area contributed by atoms with Gasteiger partial charge in [0, 0.05) is 0 Å². The number of carbonyl (C=O) groups is 1. The fourth-order valence-corrected chi connectivity index (χ4v) is 2.55. The van der Waals surface area contributed by atoms with Crippen LogP contribution in [-0.4, -0.2) is 29.7 Å². The molecule has 0 aliphatic carbocycles. The van der Waals surface area contributed by atoms with E-state index in [1.807, 2.05) is 24.3 Å². The van der Waals surface area contributed by atoms with E-state index in [-0.39, 0.29) is 23.9 Å². The van der Waals surface area contributed by atoms with Gasteiger partial charge in [-0.15, -0.1) is 0 Å². The topological polar surface area (TPSA) is 79.8 Å². The van der Waals surface area contributed by atoms with Gasteiger partial charge in [-0.05, 0) is 24.3 Å². The first-order valence-electron chi connectivity index (χ1n) is 7.82. The standard InChI is InChI=1S/C19H14N2O5/c1-3-8-24-14-9-11(19(22)23-2)10-15-16(14)26-18-17(25-15)20-12-6-4-5-7-13(12)21-18/h3-7,9-10H,1,8H2,2H3. The molecule has 0 fully saturated rings. The van der Waals surface area contributed by atoms with E-state index in [4.69, 9.17) is 18.9 Å². The van der Waals surface area contributed by atoms with Crippen molar-refractivity contribution >= 4 is 17.0 Å². The summed E-state index contributed by atoms with van der Waals surface area (Å²) >= 11 is 0. The number of fused-ring (bicyclic) bond motifs is 3. The van der Waals surface area contributed by atoms with E-state index in [0.29, 0.717) is 28.3 Å². The molecule has 0 saturated heterocycles. The molecule has 0 saturated carbocycles. The zero-order chi connectivity index (χ0) is 18.1. The highest BCUT2D eigenvalue weighted by atomic mass is 16.6. The average Bonchev–Trinajstić information content (AvgIpc) is 2.68. The Bertz CT molecular complexity index is 1030. The SMILES string of the molecule is C=CCOc1cc(C(=O)OC)cc2c1Oc1nc3ccccc3nc1O2. The number of hydrogen-bond acceptors (Lipinski definition) is 7. The maximum atomic E-state index is 11.9. The molecule has 7 heteroatoms. The minimum atomic E-state index is -0.518. The average molecular weight is 350 g/mol. The summed E-state index contributed by atoms with van der Waals surface area (Å²) in [5.41, 5.74) is 1.62. The van der Waals surface area contributed by atoms with Gasteiger partial charge < -0.3 is 18.9 Å². The minimum Gasteiger partial charge on any atom is -0.485 e. The van der Waals surface area contributed by atoms with Crippen LogP contribution in [0.5, 0.6) is 29.0 Å². The second-order valence-corrected chi connectivity index (χ2v) is 5.42. The van der Waals surface area contributed by atoms with E-state index in [9.17, 15) is 4.79 Å². The van der Waals surface area contributed by atoms with Crippen LogP contribution in [0.1, 0.15) is 10.4 Å². The summed E-state index contributed by atoms with van der Waals surface area (Å²) in [6.45, 7) is 3.85. The lowest BCUT2D eigenvalue weighted by atomic mass is 10.1. The van der Waals surface area contributed by atoms with Crippen molar-refractivity contribution in [1.29, 1.82) is 0 Å². The third-order valence-electron chi connectivity index (χ3n) is 3.71. The predicted octanol–water partition coefficient (Wildman–Crippen LogP) is 3.88. The Morgan fingerprint density at radius 3 is 2.50 bits per heavy atom. The highest BCUT2D eigenvalue weighted by molar-refractivity contribution is 5.91. The molecular formula is C19H14N2O5. The van der Waals surface area contributed by atoms with Gasteiger partial charge in [0.25, 0.3) is 11.8 Å². The Morgan fingerprint density at radius 2 is 1.85 bits per heavy atom. The van der Waals surface area contributed by atoms with Gasteiger partial charge >= 0.3 is 5.97 Å². The summed E-state index contributed by atoms with van der Waals surface area (Å²) in [6, 6.07) is 10.4. The number of rotatable bonds is 4. The monoisotopic (exact) mass is 350 g/mol. The lowest BCUT2D eigenvalue weighted by molar-refractivity contribution is 0.0599. The normalized spacial score (nSPS) is 11.6. The molecule has 4 rings (SSSR count). The van der Waals surface area contributed by atoms with Crippen molar-refractivity contribution in [3.8, 4) is 29.0 Å². The van der Waals surface area contributed by atoms with E-state index in [1.54, 1.807) is 6.08 Å². The van der Waals surface area contributed by atoms with Crippen molar-refractivity contribution in [1.82, 2.24) is 9.97 Å². The lowest BCUT2D eigenvalue weighted by Gasteiger charge is -2.21. The molecule has 2 aromatic carbocycles. The number of carbonyl (C=O) groups excluding carboxylic acids is 1. The van der Waals surface area contributed by atoms with E-state index in [2.05, 4.69) is 16.5 Å². The third kappa shape index (κ3) is 2.69. The van der Waals surface area contributed by atoms with Crippen molar-refractivity contribution in [3.63, 3.8) is 0 Å². The smallest absolute Gasteiger partial charge is 0.338 e. The fraction of sp³-hybridized carbons (Fsp3) is 0.105. The van der Waals surface area contributed by atoms with Crippen molar-refractivity contribution in [3.05, 3.63) is 54.6 Å². The maximum Gasteiger partial charge on any atom is 0.338 e. The number of hydrogen-bond donors (Lipinski definition) is 0. The third-order valence-corrected chi connectivity index (χ3v) is 3.71. The molecule has 26 heavy (non-hydrogen) atoms. The highest BCUT2D eigenvalue weighted by Crippen LogP contribution is 2.49. The second kappa shape index (κ2) is 6.36. The molecule has 7 nitrogen and oxygen atoms in total. The molecule has 1 aliphatic rings. The van der Waals surface area contributed by atoms with Crippen LogP contribution in [0.3, 0.4) is 0 Å². The molecule has 0 spiro atoms. The van der Waals surface area contributed by atoms with E-state index in [1.165, 1.54) is 19.2 Å². The second-order valence-electron chi connectivity index (χ2n) is 5.42. The molecule has 3 aromatic rings. The van der Waals surface area contributed by atoms with Crippen molar-refractivity contribution in [2.75, 3.05) is 13.7 Å². The summed E-state index contributed by atoms with van der Waals surface area (Å²) < 4.78 is 22.1. The Morgan fingerprint density at radius 1 is 1.15 bits per heavy atom. The van der Waals surface area contributed by atoms with Crippen LogP contribution in [0.4, 0.5) is 0 Å². The summed E-state index contributed by atoms with van der Waals surface area (Å²) in [7, 11) is 1.30. The van der Waals surface area contributed by atoms with Crippen LogP contribution in [0, 0.1) is 0 Å². The highest BCUT2D eigenvalue weighted by Gasteiger charge is 2.28. The molecule has 0 unspecified atom stereocenters. The lowest BCUT2D eigenvalue weighted by Crippen LogP contribution is -2.09. The summed E-state index contributed by atoms with van der Waals surface area (Å²) in [4.78, 5) is 20.8. The largest absolute Gasteiger partial charge is 0.485 e. The molecule has 0 bridgehead atoms. The first-order valence-corrected chi connectivity index (χ1v) is 7.82. The van der Waals surface area contributed by atoms with Crippen molar-refractivity contribution < 1.29 is 23.7 Å². The minimum absolute atomic E-state index is 0.216. The molecule has 1 aliphatic heterocycles. The molecule has 0 atom stereocenters. The Kier molecular flexibility index (Phi) is 3.89. The molecule has 0 radical (unpaired) electrons. The van der Waals surface area contributed by atoms with Crippen molar-refractivity contribution in [2.24, 2.45) is 0 Å². The molecule has 0 amide bonds. The molecule has 0 N–H and O–H groups in total. The van der Waals surface area contributed by atoms with Crippen LogP contribution >= 0.6 is 0 Å². The van der Waals surface area contributed by atoms with Gasteiger partial charge in [-0.1, -0.05) is 24.8 Å². The van der Waals surface area contributed by atoms with E-state index >= 15 is 0 Å². The summed E-state index contributed by atoms with van der Waals surface area (Å²) in [6.07, 6.45) is 1.59. The first-order chi connectivity index (χ1) is 12.7. The number of aromatic nitrogens is 2.